The maximum atomic E-state index is 5.33. The zero-order chi connectivity index (χ0) is 13.7. The van der Waals surface area contributed by atoms with Gasteiger partial charge in [0.25, 0.3) is 0 Å². The van der Waals surface area contributed by atoms with Crippen molar-refractivity contribution in [1.29, 1.82) is 0 Å². The monoisotopic (exact) mass is 259 g/mol. The molecule has 0 saturated heterocycles. The smallest absolute Gasteiger partial charge is 0.148 e. The predicted octanol–water partition coefficient (Wildman–Crippen LogP) is 3.47. The van der Waals surface area contributed by atoms with Crippen LogP contribution in [0.2, 0.25) is 0 Å². The standard InChI is InChI=1S/C15H21N3O/c1-4-12(2)18-10-9-15(17-18)16-11-13-7-5-6-8-14(13)19-3/h5-10,12H,4,11H2,1-3H3,(H,16,17). The Morgan fingerprint density at radius 3 is 2.84 bits per heavy atom. The van der Waals surface area contributed by atoms with E-state index in [0.717, 1.165) is 23.6 Å². The highest BCUT2D eigenvalue weighted by Gasteiger charge is 2.05. The van der Waals surface area contributed by atoms with Crippen LogP contribution < -0.4 is 10.1 Å². The lowest BCUT2D eigenvalue weighted by atomic mass is 10.2. The van der Waals surface area contributed by atoms with Crippen LogP contribution in [0.4, 0.5) is 5.82 Å². The van der Waals surface area contributed by atoms with E-state index in [1.54, 1.807) is 7.11 Å². The van der Waals surface area contributed by atoms with E-state index in [4.69, 9.17) is 4.74 Å². The molecule has 0 bridgehead atoms. The lowest BCUT2D eigenvalue weighted by Gasteiger charge is -2.10. The molecule has 4 heteroatoms. The number of methoxy groups -OCH3 is 1. The van der Waals surface area contributed by atoms with E-state index in [1.807, 2.05) is 35.1 Å². The quantitative estimate of drug-likeness (QED) is 0.863. The van der Waals surface area contributed by atoms with E-state index in [-0.39, 0.29) is 0 Å². The maximum absolute atomic E-state index is 5.33. The minimum atomic E-state index is 0.432. The lowest BCUT2D eigenvalue weighted by Crippen LogP contribution is -2.06. The third-order valence-corrected chi connectivity index (χ3v) is 3.30. The second-order valence-electron chi connectivity index (χ2n) is 4.60. The van der Waals surface area contributed by atoms with Crippen LogP contribution in [0, 0.1) is 0 Å². The van der Waals surface area contributed by atoms with Crippen molar-refractivity contribution in [3.05, 3.63) is 42.1 Å². The van der Waals surface area contributed by atoms with Gasteiger partial charge in [0.15, 0.2) is 0 Å². The van der Waals surface area contributed by atoms with Gasteiger partial charge in [-0.1, -0.05) is 25.1 Å². The molecular weight excluding hydrogens is 238 g/mol. The molecule has 2 aromatic rings. The number of para-hydroxylation sites is 1. The molecule has 0 saturated carbocycles. The summed E-state index contributed by atoms with van der Waals surface area (Å²) in [5.74, 6) is 1.79. The van der Waals surface area contributed by atoms with E-state index in [9.17, 15) is 0 Å². The minimum Gasteiger partial charge on any atom is -0.496 e. The Labute approximate surface area is 114 Å². The number of hydrogen-bond donors (Lipinski definition) is 1. The van der Waals surface area contributed by atoms with Gasteiger partial charge >= 0.3 is 0 Å². The molecule has 1 N–H and O–H groups in total. The molecular formula is C15H21N3O. The van der Waals surface area contributed by atoms with Crippen molar-refractivity contribution < 1.29 is 4.74 Å². The number of aromatic nitrogens is 2. The van der Waals surface area contributed by atoms with Crippen LogP contribution in [-0.2, 0) is 6.54 Å². The first-order chi connectivity index (χ1) is 9.24. The third kappa shape index (κ3) is 3.28. The van der Waals surface area contributed by atoms with Crippen molar-refractivity contribution in [3.63, 3.8) is 0 Å². The lowest BCUT2D eigenvalue weighted by molar-refractivity contribution is 0.410. The number of benzene rings is 1. The minimum absolute atomic E-state index is 0.432. The van der Waals surface area contributed by atoms with Crippen LogP contribution in [0.5, 0.6) is 5.75 Å². The Hall–Kier alpha value is -1.97. The van der Waals surface area contributed by atoms with Gasteiger partial charge in [-0.25, -0.2) is 0 Å². The second kappa shape index (κ2) is 6.27. The molecule has 1 heterocycles. The van der Waals surface area contributed by atoms with E-state index >= 15 is 0 Å². The number of nitrogens with zero attached hydrogens (tertiary/aromatic N) is 2. The first-order valence-corrected chi connectivity index (χ1v) is 6.65. The van der Waals surface area contributed by atoms with Crippen molar-refractivity contribution in [3.8, 4) is 5.75 Å². The molecule has 0 fully saturated rings. The van der Waals surface area contributed by atoms with Crippen LogP contribution in [0.15, 0.2) is 36.5 Å². The fourth-order valence-corrected chi connectivity index (χ4v) is 1.90. The fraction of sp³-hybridized carbons (Fsp3) is 0.400. The van der Waals surface area contributed by atoms with Gasteiger partial charge in [-0.05, 0) is 19.4 Å². The topological polar surface area (TPSA) is 39.1 Å². The van der Waals surface area contributed by atoms with Gasteiger partial charge < -0.3 is 10.1 Å². The van der Waals surface area contributed by atoms with Crippen molar-refractivity contribution in [1.82, 2.24) is 9.78 Å². The number of rotatable bonds is 6. The van der Waals surface area contributed by atoms with Crippen LogP contribution in [0.1, 0.15) is 31.9 Å². The Morgan fingerprint density at radius 1 is 1.32 bits per heavy atom. The summed E-state index contributed by atoms with van der Waals surface area (Å²) < 4.78 is 7.32. The number of anilines is 1. The Balaban J connectivity index is 2.00. The highest BCUT2D eigenvalue weighted by atomic mass is 16.5. The van der Waals surface area contributed by atoms with Crippen molar-refractivity contribution in [2.75, 3.05) is 12.4 Å². The first kappa shape index (κ1) is 13.5. The molecule has 1 aromatic heterocycles. The summed E-state index contributed by atoms with van der Waals surface area (Å²) in [4.78, 5) is 0. The molecule has 19 heavy (non-hydrogen) atoms. The summed E-state index contributed by atoms with van der Waals surface area (Å²) in [6.45, 7) is 5.03. The van der Waals surface area contributed by atoms with Crippen LogP contribution in [0.25, 0.3) is 0 Å². The second-order valence-corrected chi connectivity index (χ2v) is 4.60. The average Bonchev–Trinajstić information content (AvgIpc) is 2.93. The summed E-state index contributed by atoms with van der Waals surface area (Å²) >= 11 is 0. The van der Waals surface area contributed by atoms with E-state index in [2.05, 4.69) is 30.3 Å². The number of hydrogen-bond acceptors (Lipinski definition) is 3. The van der Waals surface area contributed by atoms with Gasteiger partial charge in [-0.15, -0.1) is 0 Å². The van der Waals surface area contributed by atoms with Gasteiger partial charge in [0.1, 0.15) is 11.6 Å². The predicted molar refractivity (Wildman–Crippen MR) is 77.5 cm³/mol. The van der Waals surface area contributed by atoms with Gasteiger partial charge in [0.05, 0.1) is 7.11 Å². The molecule has 0 aliphatic heterocycles. The SMILES string of the molecule is CCC(C)n1ccc(NCc2ccccc2OC)n1. The summed E-state index contributed by atoms with van der Waals surface area (Å²) in [6, 6.07) is 10.4. The zero-order valence-corrected chi connectivity index (χ0v) is 11.8. The maximum Gasteiger partial charge on any atom is 0.148 e. The Bertz CT molecular complexity index is 522. The van der Waals surface area contributed by atoms with Crippen LogP contribution >= 0.6 is 0 Å². The summed E-state index contributed by atoms with van der Waals surface area (Å²) in [5.41, 5.74) is 1.13. The van der Waals surface area contributed by atoms with E-state index < -0.39 is 0 Å². The van der Waals surface area contributed by atoms with Gasteiger partial charge in [-0.3, -0.25) is 4.68 Å². The molecule has 0 radical (unpaired) electrons. The molecule has 1 aromatic carbocycles. The van der Waals surface area contributed by atoms with Gasteiger partial charge in [-0.2, -0.15) is 5.10 Å². The van der Waals surface area contributed by atoms with Crippen LogP contribution in [0.3, 0.4) is 0 Å². The molecule has 4 nitrogen and oxygen atoms in total. The van der Waals surface area contributed by atoms with Crippen LogP contribution in [-0.4, -0.2) is 16.9 Å². The molecule has 0 spiro atoms. The molecule has 1 atom stereocenters. The molecule has 2 rings (SSSR count). The van der Waals surface area contributed by atoms with Gasteiger partial charge in [0.2, 0.25) is 0 Å². The Kier molecular flexibility index (Phi) is 4.44. The van der Waals surface area contributed by atoms with Gasteiger partial charge in [0, 0.05) is 30.4 Å². The Morgan fingerprint density at radius 2 is 2.11 bits per heavy atom. The van der Waals surface area contributed by atoms with Crippen molar-refractivity contribution >= 4 is 5.82 Å². The normalized spacial score (nSPS) is 12.2. The molecule has 0 aliphatic carbocycles. The molecule has 0 aliphatic rings. The number of nitrogens with one attached hydrogen (secondary N) is 1. The zero-order valence-electron chi connectivity index (χ0n) is 11.8. The van der Waals surface area contributed by atoms with Crippen molar-refractivity contribution in [2.45, 2.75) is 32.9 Å². The first-order valence-electron chi connectivity index (χ1n) is 6.65. The highest BCUT2D eigenvalue weighted by molar-refractivity contribution is 5.39. The van der Waals surface area contributed by atoms with E-state index in [1.165, 1.54) is 0 Å². The third-order valence-electron chi connectivity index (χ3n) is 3.30. The summed E-state index contributed by atoms with van der Waals surface area (Å²) in [7, 11) is 1.69. The highest BCUT2D eigenvalue weighted by Crippen LogP contribution is 2.19. The molecule has 102 valence electrons. The average molecular weight is 259 g/mol. The molecule has 0 amide bonds. The largest absolute Gasteiger partial charge is 0.496 e. The molecule has 1 unspecified atom stereocenters. The number of ether oxygens (including phenoxy) is 1. The van der Waals surface area contributed by atoms with E-state index in [0.29, 0.717) is 12.6 Å². The summed E-state index contributed by atoms with van der Waals surface area (Å²) in [5, 5.41) is 7.84. The fourth-order valence-electron chi connectivity index (χ4n) is 1.90. The van der Waals surface area contributed by atoms with Crippen molar-refractivity contribution in [2.24, 2.45) is 0 Å². The summed E-state index contributed by atoms with van der Waals surface area (Å²) in [6.07, 6.45) is 3.09.